The molecule has 0 saturated carbocycles. The van der Waals surface area contributed by atoms with E-state index < -0.39 is 5.97 Å². The minimum absolute atomic E-state index is 0.206. The number of aryl methyl sites for hydroxylation is 2. The number of pyridine rings is 1. The van der Waals surface area contributed by atoms with E-state index in [1.807, 2.05) is 56.3 Å². The highest BCUT2D eigenvalue weighted by Gasteiger charge is 2.14. The number of rotatable bonds is 6. The van der Waals surface area contributed by atoms with Gasteiger partial charge in [0.25, 0.3) is 0 Å². The molecule has 32 heavy (non-hydrogen) atoms. The molecule has 0 aliphatic rings. The van der Waals surface area contributed by atoms with Gasteiger partial charge in [0.15, 0.2) is 0 Å². The Morgan fingerprint density at radius 1 is 0.906 bits per heavy atom. The lowest BCUT2D eigenvalue weighted by molar-refractivity contribution is 0.0697. The Balaban J connectivity index is 1.69. The van der Waals surface area contributed by atoms with Crippen molar-refractivity contribution in [2.75, 3.05) is 0 Å². The minimum Gasteiger partial charge on any atom is -0.478 e. The fraction of sp³-hybridized carbons (Fsp3) is 0.111. The Hall–Kier alpha value is -3.96. The second kappa shape index (κ2) is 9.04. The van der Waals surface area contributed by atoms with Crippen LogP contribution in [0.4, 0.5) is 0 Å². The SMILES string of the molecule is Cc1cc(Oc2cccc(-c3cc(C)ccc3C(=O)O)n2)cc(-c2cccc(CN)c2)c1. The lowest BCUT2D eigenvalue weighted by Gasteiger charge is -2.12. The molecule has 0 aliphatic carbocycles. The van der Waals surface area contributed by atoms with Crippen molar-refractivity contribution >= 4 is 5.97 Å². The average Bonchev–Trinajstić information content (AvgIpc) is 2.78. The molecule has 0 fully saturated rings. The molecule has 0 unspecified atom stereocenters. The molecule has 160 valence electrons. The summed E-state index contributed by atoms with van der Waals surface area (Å²) in [7, 11) is 0. The summed E-state index contributed by atoms with van der Waals surface area (Å²) in [6, 6.07) is 24.7. The summed E-state index contributed by atoms with van der Waals surface area (Å²) >= 11 is 0. The number of nitrogens with two attached hydrogens (primary N) is 1. The quantitative estimate of drug-likeness (QED) is 0.398. The van der Waals surface area contributed by atoms with Gasteiger partial charge in [0, 0.05) is 18.2 Å². The summed E-state index contributed by atoms with van der Waals surface area (Å²) in [6.07, 6.45) is 0. The van der Waals surface area contributed by atoms with Gasteiger partial charge in [-0.3, -0.25) is 0 Å². The van der Waals surface area contributed by atoms with E-state index in [0.717, 1.165) is 27.8 Å². The third-order valence-electron chi connectivity index (χ3n) is 5.17. The minimum atomic E-state index is -0.990. The number of benzene rings is 3. The zero-order chi connectivity index (χ0) is 22.7. The molecule has 0 aliphatic heterocycles. The highest BCUT2D eigenvalue weighted by atomic mass is 16.5. The Bertz CT molecular complexity index is 1300. The Kier molecular flexibility index (Phi) is 6.01. The van der Waals surface area contributed by atoms with Crippen LogP contribution in [-0.2, 0) is 6.54 Å². The number of aromatic carboxylic acids is 1. The normalized spacial score (nSPS) is 10.7. The van der Waals surface area contributed by atoms with Crippen molar-refractivity contribution in [1.82, 2.24) is 4.98 Å². The molecule has 4 aromatic rings. The first-order chi connectivity index (χ1) is 15.4. The van der Waals surface area contributed by atoms with Gasteiger partial charge < -0.3 is 15.6 Å². The second-order valence-electron chi connectivity index (χ2n) is 7.76. The first-order valence-electron chi connectivity index (χ1n) is 10.3. The molecule has 3 aromatic carbocycles. The summed E-state index contributed by atoms with van der Waals surface area (Å²) in [5, 5.41) is 9.56. The van der Waals surface area contributed by atoms with Gasteiger partial charge in [-0.05, 0) is 72.5 Å². The number of aromatic nitrogens is 1. The van der Waals surface area contributed by atoms with Crippen LogP contribution in [0.2, 0.25) is 0 Å². The van der Waals surface area contributed by atoms with Crippen LogP contribution in [0, 0.1) is 13.8 Å². The van der Waals surface area contributed by atoms with Crippen LogP contribution in [0.1, 0.15) is 27.0 Å². The van der Waals surface area contributed by atoms with Crippen LogP contribution >= 0.6 is 0 Å². The maximum absolute atomic E-state index is 11.7. The molecule has 1 heterocycles. The highest BCUT2D eigenvalue weighted by molar-refractivity contribution is 5.95. The Labute approximate surface area is 187 Å². The Morgan fingerprint density at radius 2 is 1.72 bits per heavy atom. The predicted molar refractivity (Wildman–Crippen MR) is 126 cm³/mol. The second-order valence-corrected chi connectivity index (χ2v) is 7.76. The third kappa shape index (κ3) is 4.68. The molecule has 0 saturated heterocycles. The average molecular weight is 425 g/mol. The number of carboxylic acid groups (broad SMARTS) is 1. The Morgan fingerprint density at radius 3 is 2.50 bits per heavy atom. The molecule has 0 radical (unpaired) electrons. The number of carboxylic acids is 1. The molecule has 5 heteroatoms. The topological polar surface area (TPSA) is 85.4 Å². The molecule has 3 N–H and O–H groups in total. The monoisotopic (exact) mass is 424 g/mol. The van der Waals surface area contributed by atoms with Crippen LogP contribution in [-0.4, -0.2) is 16.1 Å². The van der Waals surface area contributed by atoms with E-state index in [0.29, 0.717) is 29.4 Å². The van der Waals surface area contributed by atoms with Gasteiger partial charge in [0.2, 0.25) is 5.88 Å². The molecule has 5 nitrogen and oxygen atoms in total. The van der Waals surface area contributed by atoms with Crippen LogP contribution < -0.4 is 10.5 Å². The van der Waals surface area contributed by atoms with Gasteiger partial charge in [-0.15, -0.1) is 0 Å². The van der Waals surface area contributed by atoms with Crippen molar-refractivity contribution < 1.29 is 14.6 Å². The maximum atomic E-state index is 11.7. The fourth-order valence-corrected chi connectivity index (χ4v) is 3.65. The number of carbonyl (C=O) groups is 1. The van der Waals surface area contributed by atoms with E-state index in [4.69, 9.17) is 10.5 Å². The fourth-order valence-electron chi connectivity index (χ4n) is 3.65. The predicted octanol–water partition coefficient (Wildman–Crippen LogP) is 5.98. The molecular weight excluding hydrogens is 400 g/mol. The van der Waals surface area contributed by atoms with Gasteiger partial charge >= 0.3 is 5.97 Å². The van der Waals surface area contributed by atoms with E-state index >= 15 is 0 Å². The summed E-state index contributed by atoms with van der Waals surface area (Å²) in [5.74, 6) is 0.0641. The van der Waals surface area contributed by atoms with Crippen LogP contribution in [0.25, 0.3) is 22.4 Å². The van der Waals surface area contributed by atoms with Gasteiger partial charge in [0.05, 0.1) is 11.3 Å². The van der Waals surface area contributed by atoms with Gasteiger partial charge in [-0.1, -0.05) is 42.0 Å². The van der Waals surface area contributed by atoms with Crippen LogP contribution in [0.3, 0.4) is 0 Å². The highest BCUT2D eigenvalue weighted by Crippen LogP contribution is 2.31. The van der Waals surface area contributed by atoms with Gasteiger partial charge in [-0.25, -0.2) is 9.78 Å². The third-order valence-corrected chi connectivity index (χ3v) is 5.17. The largest absolute Gasteiger partial charge is 0.478 e. The van der Waals surface area contributed by atoms with Crippen molar-refractivity contribution in [3.63, 3.8) is 0 Å². The first kappa shape index (κ1) is 21.3. The summed E-state index contributed by atoms with van der Waals surface area (Å²) in [6.45, 7) is 4.42. The lowest BCUT2D eigenvalue weighted by Crippen LogP contribution is -2.01. The standard InChI is InChI=1S/C27H24N2O3/c1-17-9-10-23(27(30)31)24(13-17)25-7-4-8-26(29-25)32-22-12-18(2)11-21(15-22)20-6-3-5-19(14-20)16-28/h3-15H,16,28H2,1-2H3,(H,30,31). The number of nitrogens with zero attached hydrogens (tertiary/aromatic N) is 1. The molecule has 0 bridgehead atoms. The molecule has 4 rings (SSSR count). The summed E-state index contributed by atoms with van der Waals surface area (Å²) in [4.78, 5) is 16.3. The number of ether oxygens (including phenoxy) is 1. The van der Waals surface area contributed by atoms with Gasteiger partial charge in [0.1, 0.15) is 5.75 Å². The summed E-state index contributed by atoms with van der Waals surface area (Å²) < 4.78 is 6.09. The van der Waals surface area contributed by atoms with E-state index in [-0.39, 0.29) is 5.56 Å². The van der Waals surface area contributed by atoms with E-state index in [2.05, 4.69) is 17.1 Å². The molecular formula is C27H24N2O3. The molecule has 0 spiro atoms. The van der Waals surface area contributed by atoms with Crippen molar-refractivity contribution in [3.8, 4) is 34.0 Å². The molecule has 1 aromatic heterocycles. The lowest BCUT2D eigenvalue weighted by atomic mass is 10.0. The zero-order valence-corrected chi connectivity index (χ0v) is 18.0. The number of hydrogen-bond acceptors (Lipinski definition) is 4. The number of hydrogen-bond donors (Lipinski definition) is 2. The zero-order valence-electron chi connectivity index (χ0n) is 18.0. The molecule has 0 atom stereocenters. The van der Waals surface area contributed by atoms with Crippen molar-refractivity contribution in [3.05, 3.63) is 101 Å². The van der Waals surface area contributed by atoms with Crippen molar-refractivity contribution in [2.24, 2.45) is 5.73 Å². The van der Waals surface area contributed by atoms with E-state index in [9.17, 15) is 9.90 Å². The van der Waals surface area contributed by atoms with Crippen LogP contribution in [0.5, 0.6) is 11.6 Å². The van der Waals surface area contributed by atoms with Gasteiger partial charge in [-0.2, -0.15) is 0 Å². The summed E-state index contributed by atoms with van der Waals surface area (Å²) in [5.41, 5.74) is 12.3. The van der Waals surface area contributed by atoms with Crippen LogP contribution in [0.15, 0.2) is 78.9 Å². The van der Waals surface area contributed by atoms with E-state index in [1.54, 1.807) is 24.3 Å². The van der Waals surface area contributed by atoms with Crippen molar-refractivity contribution in [2.45, 2.75) is 20.4 Å². The first-order valence-corrected chi connectivity index (χ1v) is 10.3. The molecule has 0 amide bonds. The van der Waals surface area contributed by atoms with Crippen molar-refractivity contribution in [1.29, 1.82) is 0 Å². The van der Waals surface area contributed by atoms with E-state index in [1.165, 1.54) is 0 Å². The maximum Gasteiger partial charge on any atom is 0.336 e. The smallest absolute Gasteiger partial charge is 0.336 e.